The van der Waals surface area contributed by atoms with Crippen molar-refractivity contribution in [3.8, 4) is 11.3 Å². The number of imidazole rings is 1. The van der Waals surface area contributed by atoms with Crippen LogP contribution < -0.4 is 5.32 Å². The van der Waals surface area contributed by atoms with Gasteiger partial charge in [0.1, 0.15) is 0 Å². The van der Waals surface area contributed by atoms with Crippen molar-refractivity contribution in [3.05, 3.63) is 82.0 Å². The van der Waals surface area contributed by atoms with Gasteiger partial charge in [0.15, 0.2) is 4.96 Å². The summed E-state index contributed by atoms with van der Waals surface area (Å²) >= 11 is 1.54. The van der Waals surface area contributed by atoms with Crippen molar-refractivity contribution in [3.63, 3.8) is 0 Å². The van der Waals surface area contributed by atoms with E-state index in [-0.39, 0.29) is 18.0 Å². The van der Waals surface area contributed by atoms with Crippen molar-refractivity contribution >= 4 is 33.6 Å². The van der Waals surface area contributed by atoms with Crippen LogP contribution in [0.25, 0.3) is 16.2 Å². The number of nitro groups is 1. The molecule has 0 aliphatic carbocycles. The Morgan fingerprint density at radius 3 is 2.70 bits per heavy atom. The van der Waals surface area contributed by atoms with Gasteiger partial charge < -0.3 is 5.32 Å². The topological polar surface area (TPSA) is 89.5 Å². The van der Waals surface area contributed by atoms with E-state index in [0.717, 1.165) is 16.2 Å². The highest BCUT2D eigenvalue weighted by Crippen LogP contribution is 2.28. The van der Waals surface area contributed by atoms with Gasteiger partial charge in [-0.1, -0.05) is 30.3 Å². The van der Waals surface area contributed by atoms with E-state index in [1.165, 1.54) is 12.1 Å². The summed E-state index contributed by atoms with van der Waals surface area (Å²) in [5.74, 6) is -0.197. The van der Waals surface area contributed by atoms with Gasteiger partial charge in [-0.15, -0.1) is 11.3 Å². The lowest BCUT2D eigenvalue weighted by Gasteiger charge is -2.09. The Hall–Kier alpha value is -3.52. The van der Waals surface area contributed by atoms with E-state index in [0.29, 0.717) is 11.3 Å². The third-order valence-electron chi connectivity index (χ3n) is 4.08. The van der Waals surface area contributed by atoms with Crippen molar-refractivity contribution in [2.24, 2.45) is 0 Å². The zero-order valence-electron chi connectivity index (χ0n) is 14.0. The summed E-state index contributed by atoms with van der Waals surface area (Å²) in [5.41, 5.74) is 3.01. The maximum atomic E-state index is 12.4. The smallest absolute Gasteiger partial charge is 0.269 e. The molecule has 2 aromatic carbocycles. The van der Waals surface area contributed by atoms with E-state index in [4.69, 9.17) is 0 Å². The number of nitrogens with one attached hydrogen (secondary N) is 1. The minimum Gasteiger partial charge on any atom is -0.325 e. The molecule has 4 rings (SSSR count). The second kappa shape index (κ2) is 7.00. The molecule has 0 unspecified atom stereocenters. The number of aromatic nitrogens is 2. The SMILES string of the molecule is O=C(Cc1ccc([N+](=O)[O-])cc1)Nc1ccccc1-c1cn2ccsc2n1. The number of hydrogen-bond donors (Lipinski definition) is 1. The number of carbonyl (C=O) groups is 1. The molecular formula is C19H14N4O3S. The number of amides is 1. The first-order chi connectivity index (χ1) is 13.1. The molecule has 0 radical (unpaired) electrons. The van der Waals surface area contributed by atoms with E-state index in [1.54, 1.807) is 23.5 Å². The first kappa shape index (κ1) is 16.9. The molecule has 0 spiro atoms. The second-order valence-corrected chi connectivity index (χ2v) is 6.79. The minimum atomic E-state index is -0.462. The number of thiazole rings is 1. The summed E-state index contributed by atoms with van der Waals surface area (Å²) in [6, 6.07) is 13.5. The van der Waals surface area contributed by atoms with Crippen molar-refractivity contribution in [1.82, 2.24) is 9.38 Å². The van der Waals surface area contributed by atoms with Crippen LogP contribution in [0.5, 0.6) is 0 Å². The Labute approximate surface area is 158 Å². The number of carbonyl (C=O) groups excluding carboxylic acids is 1. The monoisotopic (exact) mass is 378 g/mol. The molecule has 0 aliphatic rings. The van der Waals surface area contributed by atoms with Gasteiger partial charge in [0.05, 0.1) is 22.7 Å². The molecule has 0 atom stereocenters. The van der Waals surface area contributed by atoms with Gasteiger partial charge in [-0.05, 0) is 11.6 Å². The van der Waals surface area contributed by atoms with Gasteiger partial charge in [-0.2, -0.15) is 0 Å². The fraction of sp³-hybridized carbons (Fsp3) is 0.0526. The van der Waals surface area contributed by atoms with Crippen molar-refractivity contribution in [2.45, 2.75) is 6.42 Å². The van der Waals surface area contributed by atoms with Crippen LogP contribution in [-0.4, -0.2) is 20.2 Å². The van der Waals surface area contributed by atoms with Crippen LogP contribution in [0.3, 0.4) is 0 Å². The Balaban J connectivity index is 1.53. The van der Waals surface area contributed by atoms with Crippen LogP contribution in [0.2, 0.25) is 0 Å². The summed E-state index contributed by atoms with van der Waals surface area (Å²) in [6.45, 7) is 0. The summed E-state index contributed by atoms with van der Waals surface area (Å²) in [7, 11) is 0. The quantitative estimate of drug-likeness (QED) is 0.417. The number of non-ortho nitro benzene ring substituents is 1. The predicted molar refractivity (Wildman–Crippen MR) is 104 cm³/mol. The molecule has 0 aliphatic heterocycles. The van der Waals surface area contributed by atoms with Gasteiger partial charge >= 0.3 is 0 Å². The van der Waals surface area contributed by atoms with E-state index in [1.807, 2.05) is 46.4 Å². The van der Waals surface area contributed by atoms with Crippen LogP contribution in [0.1, 0.15) is 5.56 Å². The highest BCUT2D eigenvalue weighted by Gasteiger charge is 2.13. The van der Waals surface area contributed by atoms with Crippen molar-refractivity contribution in [2.75, 3.05) is 5.32 Å². The fourth-order valence-electron chi connectivity index (χ4n) is 2.79. The molecule has 4 aromatic rings. The molecule has 7 nitrogen and oxygen atoms in total. The lowest BCUT2D eigenvalue weighted by molar-refractivity contribution is -0.384. The summed E-state index contributed by atoms with van der Waals surface area (Å²) in [5, 5.41) is 15.6. The van der Waals surface area contributed by atoms with Gasteiger partial charge in [-0.3, -0.25) is 19.3 Å². The van der Waals surface area contributed by atoms with Crippen molar-refractivity contribution in [1.29, 1.82) is 0 Å². The Morgan fingerprint density at radius 2 is 1.96 bits per heavy atom. The second-order valence-electron chi connectivity index (χ2n) is 5.91. The van der Waals surface area contributed by atoms with Crippen LogP contribution in [-0.2, 0) is 11.2 Å². The first-order valence-electron chi connectivity index (χ1n) is 8.15. The number of fused-ring (bicyclic) bond motifs is 1. The van der Waals surface area contributed by atoms with Crippen molar-refractivity contribution < 1.29 is 9.72 Å². The largest absolute Gasteiger partial charge is 0.325 e. The molecule has 1 N–H and O–H groups in total. The molecule has 2 heterocycles. The average molecular weight is 378 g/mol. The van der Waals surface area contributed by atoms with E-state index in [2.05, 4.69) is 10.3 Å². The molecule has 8 heteroatoms. The zero-order valence-corrected chi connectivity index (χ0v) is 14.8. The molecule has 1 amide bonds. The molecule has 0 bridgehead atoms. The standard InChI is InChI=1S/C19H14N4O3S/c24-18(11-13-5-7-14(8-6-13)23(25)26)20-16-4-2-1-3-15(16)17-12-22-9-10-27-19(22)21-17/h1-10,12H,11H2,(H,20,24). The third-order valence-corrected chi connectivity index (χ3v) is 4.85. The van der Waals surface area contributed by atoms with Crippen LogP contribution in [0, 0.1) is 10.1 Å². The number of nitrogens with zero attached hydrogens (tertiary/aromatic N) is 3. The van der Waals surface area contributed by atoms with E-state index in [9.17, 15) is 14.9 Å². The lowest BCUT2D eigenvalue weighted by atomic mass is 10.1. The van der Waals surface area contributed by atoms with Crippen LogP contribution in [0.4, 0.5) is 11.4 Å². The third kappa shape index (κ3) is 3.56. The Morgan fingerprint density at radius 1 is 1.19 bits per heavy atom. The predicted octanol–water partition coefficient (Wildman–Crippen LogP) is 4.15. The molecular weight excluding hydrogens is 364 g/mol. The van der Waals surface area contributed by atoms with Gasteiger partial charge in [-0.25, -0.2) is 4.98 Å². The minimum absolute atomic E-state index is 0.00394. The molecule has 2 aromatic heterocycles. The van der Waals surface area contributed by atoms with Crippen LogP contribution >= 0.6 is 11.3 Å². The number of nitro benzene ring substituents is 1. The van der Waals surface area contributed by atoms with Gasteiger partial charge in [0.2, 0.25) is 5.91 Å². The Bertz CT molecular complexity index is 1100. The zero-order chi connectivity index (χ0) is 18.8. The maximum absolute atomic E-state index is 12.4. The molecule has 134 valence electrons. The molecule has 0 saturated heterocycles. The van der Waals surface area contributed by atoms with E-state index >= 15 is 0 Å². The molecule has 0 saturated carbocycles. The normalized spacial score (nSPS) is 10.8. The fourth-order valence-corrected chi connectivity index (χ4v) is 3.49. The van der Waals surface area contributed by atoms with Crippen LogP contribution in [0.15, 0.2) is 66.3 Å². The first-order valence-corrected chi connectivity index (χ1v) is 9.03. The average Bonchev–Trinajstić information content (AvgIpc) is 3.24. The van der Waals surface area contributed by atoms with E-state index < -0.39 is 4.92 Å². The van der Waals surface area contributed by atoms with Gasteiger partial charge in [0.25, 0.3) is 5.69 Å². The highest BCUT2D eigenvalue weighted by molar-refractivity contribution is 7.15. The maximum Gasteiger partial charge on any atom is 0.269 e. The summed E-state index contributed by atoms with van der Waals surface area (Å²) < 4.78 is 1.94. The summed E-state index contributed by atoms with van der Waals surface area (Å²) in [4.78, 5) is 28.2. The number of para-hydroxylation sites is 1. The highest BCUT2D eigenvalue weighted by atomic mass is 32.1. The number of hydrogen-bond acceptors (Lipinski definition) is 5. The lowest BCUT2D eigenvalue weighted by Crippen LogP contribution is -2.15. The summed E-state index contributed by atoms with van der Waals surface area (Å²) in [6.07, 6.45) is 3.99. The number of anilines is 1. The molecule has 27 heavy (non-hydrogen) atoms. The Kier molecular flexibility index (Phi) is 4.39. The van der Waals surface area contributed by atoms with Gasteiger partial charge in [0, 0.05) is 35.5 Å². The molecule has 0 fully saturated rings. The number of benzene rings is 2. The number of rotatable bonds is 5.